The molecule has 1 amide bonds. The van der Waals surface area contributed by atoms with E-state index in [9.17, 15) is 15.0 Å². The van der Waals surface area contributed by atoms with Gasteiger partial charge in [0.1, 0.15) is 0 Å². The molecule has 2 aliphatic heterocycles. The fourth-order valence-corrected chi connectivity index (χ4v) is 3.35. The van der Waals surface area contributed by atoms with E-state index in [4.69, 9.17) is 0 Å². The predicted octanol–water partition coefficient (Wildman–Crippen LogP) is 1.43. The van der Waals surface area contributed by atoms with Crippen LogP contribution in [0.25, 0.3) is 0 Å². The van der Waals surface area contributed by atoms with Crippen LogP contribution in [0.15, 0.2) is 0 Å². The maximum absolute atomic E-state index is 11.2. The van der Waals surface area contributed by atoms with Gasteiger partial charge in [-0.1, -0.05) is 0 Å². The number of aliphatic hydroxyl groups excluding tert-OH is 1. The van der Waals surface area contributed by atoms with E-state index in [2.05, 4.69) is 0 Å². The summed E-state index contributed by atoms with van der Waals surface area (Å²) in [5.41, 5.74) is -0.698. The number of rotatable bonds is 0. The van der Waals surface area contributed by atoms with Crippen molar-refractivity contribution in [3.63, 3.8) is 0 Å². The Balaban J connectivity index is 2.38. The molecule has 2 heterocycles. The molecule has 0 radical (unpaired) electrons. The van der Waals surface area contributed by atoms with Crippen LogP contribution in [0.3, 0.4) is 0 Å². The van der Waals surface area contributed by atoms with Gasteiger partial charge in [-0.15, -0.1) is 0 Å². The molecule has 0 aromatic rings. The van der Waals surface area contributed by atoms with Crippen LogP contribution in [0, 0.1) is 0 Å². The monoisotopic (exact) mass is 199 g/mol. The standard InChI is InChI=1S/C10H17NO3/c1-9-3-4-10(2,6-7(12)5-9)11(9)8(13)14/h7,12H,3-6H2,1-2H3,(H,13,14)/t7?,9-,10+. The molecule has 0 aromatic heterocycles. The zero-order chi connectivity index (χ0) is 10.6. The third kappa shape index (κ3) is 1.13. The highest BCUT2D eigenvalue weighted by Crippen LogP contribution is 2.50. The molecule has 2 N–H and O–H groups in total. The Morgan fingerprint density at radius 1 is 1.29 bits per heavy atom. The molecule has 0 saturated carbocycles. The lowest BCUT2D eigenvalue weighted by molar-refractivity contribution is -0.0364. The van der Waals surface area contributed by atoms with Crippen LogP contribution in [0.2, 0.25) is 0 Å². The lowest BCUT2D eigenvalue weighted by atomic mass is 9.84. The van der Waals surface area contributed by atoms with E-state index in [1.165, 1.54) is 0 Å². The first-order chi connectivity index (χ1) is 6.37. The fourth-order valence-electron chi connectivity index (χ4n) is 3.35. The molecule has 0 spiro atoms. The number of hydrogen-bond acceptors (Lipinski definition) is 2. The maximum atomic E-state index is 11.2. The predicted molar refractivity (Wildman–Crippen MR) is 51.1 cm³/mol. The second kappa shape index (κ2) is 2.63. The van der Waals surface area contributed by atoms with Crippen LogP contribution in [0.1, 0.15) is 39.5 Å². The Hall–Kier alpha value is -0.770. The zero-order valence-corrected chi connectivity index (χ0v) is 8.66. The van der Waals surface area contributed by atoms with Crippen LogP contribution in [-0.4, -0.2) is 38.4 Å². The van der Waals surface area contributed by atoms with Crippen molar-refractivity contribution in [1.82, 2.24) is 4.90 Å². The minimum atomic E-state index is -0.848. The van der Waals surface area contributed by atoms with Crippen molar-refractivity contribution in [2.24, 2.45) is 0 Å². The number of carboxylic acid groups (broad SMARTS) is 1. The molecule has 80 valence electrons. The molecule has 4 nitrogen and oxygen atoms in total. The van der Waals surface area contributed by atoms with Crippen molar-refractivity contribution in [2.75, 3.05) is 0 Å². The molecule has 2 fully saturated rings. The summed E-state index contributed by atoms with van der Waals surface area (Å²) in [6.45, 7) is 3.88. The second-order valence-corrected chi connectivity index (χ2v) is 5.17. The Morgan fingerprint density at radius 3 is 2.07 bits per heavy atom. The van der Waals surface area contributed by atoms with Gasteiger partial charge < -0.3 is 10.2 Å². The summed E-state index contributed by atoms with van der Waals surface area (Å²) in [5, 5.41) is 18.9. The summed E-state index contributed by atoms with van der Waals surface area (Å²) in [4.78, 5) is 12.7. The van der Waals surface area contributed by atoms with E-state index < -0.39 is 6.09 Å². The van der Waals surface area contributed by atoms with E-state index in [0.717, 1.165) is 12.8 Å². The van der Waals surface area contributed by atoms with Crippen molar-refractivity contribution in [1.29, 1.82) is 0 Å². The molecule has 1 unspecified atom stereocenters. The highest BCUT2D eigenvalue weighted by molar-refractivity contribution is 5.68. The maximum Gasteiger partial charge on any atom is 0.408 e. The average molecular weight is 199 g/mol. The van der Waals surface area contributed by atoms with Gasteiger partial charge in [0.05, 0.1) is 6.10 Å². The highest BCUT2D eigenvalue weighted by Gasteiger charge is 2.57. The number of fused-ring (bicyclic) bond motifs is 2. The van der Waals surface area contributed by atoms with Gasteiger partial charge in [-0.2, -0.15) is 0 Å². The van der Waals surface area contributed by atoms with Gasteiger partial charge in [-0.25, -0.2) is 4.79 Å². The molecule has 2 rings (SSSR count). The van der Waals surface area contributed by atoms with Crippen LogP contribution in [-0.2, 0) is 0 Å². The summed E-state index contributed by atoms with van der Waals surface area (Å²) >= 11 is 0. The third-order valence-corrected chi connectivity index (χ3v) is 3.82. The minimum Gasteiger partial charge on any atom is -0.465 e. The first-order valence-electron chi connectivity index (χ1n) is 5.09. The van der Waals surface area contributed by atoms with Gasteiger partial charge in [0.15, 0.2) is 0 Å². The van der Waals surface area contributed by atoms with E-state index in [-0.39, 0.29) is 17.2 Å². The van der Waals surface area contributed by atoms with Gasteiger partial charge in [0.2, 0.25) is 0 Å². The highest BCUT2D eigenvalue weighted by atomic mass is 16.4. The molecular formula is C10H17NO3. The van der Waals surface area contributed by atoms with Crippen molar-refractivity contribution in [3.05, 3.63) is 0 Å². The topological polar surface area (TPSA) is 60.8 Å². The van der Waals surface area contributed by atoms with Gasteiger partial charge >= 0.3 is 6.09 Å². The van der Waals surface area contributed by atoms with Crippen molar-refractivity contribution in [2.45, 2.75) is 56.7 Å². The molecule has 0 aromatic carbocycles. The SMILES string of the molecule is C[C@]12CC[C@](C)(CC(O)C1)N2C(=O)O. The Labute approximate surface area is 83.5 Å². The summed E-state index contributed by atoms with van der Waals surface area (Å²) in [7, 11) is 0. The number of carbonyl (C=O) groups is 1. The molecule has 14 heavy (non-hydrogen) atoms. The normalized spacial score (nSPS) is 46.8. The lowest BCUT2D eigenvalue weighted by Crippen LogP contribution is -2.60. The smallest absolute Gasteiger partial charge is 0.408 e. The summed E-state index contributed by atoms with van der Waals surface area (Å²) in [6, 6.07) is 0. The number of piperidine rings is 1. The molecule has 3 atom stereocenters. The first-order valence-corrected chi connectivity index (χ1v) is 5.09. The van der Waals surface area contributed by atoms with Gasteiger partial charge in [0, 0.05) is 11.1 Å². The van der Waals surface area contributed by atoms with Gasteiger partial charge in [0.25, 0.3) is 0 Å². The average Bonchev–Trinajstić information content (AvgIpc) is 2.15. The third-order valence-electron chi connectivity index (χ3n) is 3.82. The summed E-state index contributed by atoms with van der Waals surface area (Å²) < 4.78 is 0. The summed E-state index contributed by atoms with van der Waals surface area (Å²) in [6.07, 6.45) is 1.70. The van der Waals surface area contributed by atoms with E-state index in [1.807, 2.05) is 13.8 Å². The van der Waals surface area contributed by atoms with Gasteiger partial charge in [-0.3, -0.25) is 4.90 Å². The van der Waals surface area contributed by atoms with Crippen molar-refractivity contribution in [3.8, 4) is 0 Å². The van der Waals surface area contributed by atoms with Crippen LogP contribution in [0.4, 0.5) is 4.79 Å². The molecule has 2 aliphatic rings. The largest absolute Gasteiger partial charge is 0.465 e. The minimum absolute atomic E-state index is 0.344. The first kappa shape index (κ1) is 9.77. The Morgan fingerprint density at radius 2 is 1.71 bits per heavy atom. The van der Waals surface area contributed by atoms with Gasteiger partial charge in [-0.05, 0) is 39.5 Å². The molecular weight excluding hydrogens is 182 g/mol. The van der Waals surface area contributed by atoms with Crippen molar-refractivity contribution < 1.29 is 15.0 Å². The number of aliphatic hydroxyl groups is 1. The quantitative estimate of drug-likeness (QED) is 0.620. The number of amides is 1. The van der Waals surface area contributed by atoms with Crippen LogP contribution >= 0.6 is 0 Å². The second-order valence-electron chi connectivity index (χ2n) is 5.17. The fraction of sp³-hybridized carbons (Fsp3) is 0.900. The molecule has 2 bridgehead atoms. The molecule has 4 heteroatoms. The zero-order valence-electron chi connectivity index (χ0n) is 8.66. The Bertz CT molecular complexity index is 261. The number of nitrogens with zero attached hydrogens (tertiary/aromatic N) is 1. The molecule has 2 saturated heterocycles. The Kier molecular flexibility index (Phi) is 1.83. The summed E-state index contributed by atoms with van der Waals surface area (Å²) in [5.74, 6) is 0. The van der Waals surface area contributed by atoms with Crippen molar-refractivity contribution >= 4 is 6.09 Å². The van der Waals surface area contributed by atoms with E-state index in [1.54, 1.807) is 4.90 Å². The van der Waals surface area contributed by atoms with Crippen LogP contribution in [0.5, 0.6) is 0 Å². The lowest BCUT2D eigenvalue weighted by Gasteiger charge is -2.48. The molecule has 0 aliphatic carbocycles. The number of hydrogen-bond donors (Lipinski definition) is 2. The van der Waals surface area contributed by atoms with Crippen LogP contribution < -0.4 is 0 Å². The van der Waals surface area contributed by atoms with E-state index >= 15 is 0 Å². The van der Waals surface area contributed by atoms with E-state index in [0.29, 0.717) is 12.8 Å².